The van der Waals surface area contributed by atoms with Crippen molar-refractivity contribution in [3.8, 4) is 79.2 Å². The number of carbonyl (C=O) groups excluding carboxylic acids is 2. The molecular weight excluding hydrogens is 727 g/mol. The molecule has 7 aromatic carbocycles. The molecule has 1 aliphatic carbocycles. The van der Waals surface area contributed by atoms with E-state index in [0.717, 1.165) is 50.3 Å². The molecule has 2 heterocycles. The van der Waals surface area contributed by atoms with Crippen LogP contribution in [0.15, 0.2) is 182 Å². The average Bonchev–Trinajstić information content (AvgIpc) is 3.31. The summed E-state index contributed by atoms with van der Waals surface area (Å²) in [7, 11) is 0. The minimum absolute atomic E-state index is 0.239. The van der Waals surface area contributed by atoms with Crippen molar-refractivity contribution in [2.24, 2.45) is 0 Å². The van der Waals surface area contributed by atoms with Gasteiger partial charge in [0.2, 0.25) is 0 Å². The van der Waals surface area contributed by atoms with Crippen LogP contribution in [0.25, 0.3) is 79.2 Å². The van der Waals surface area contributed by atoms with Gasteiger partial charge in [-0.25, -0.2) is 24.9 Å². The molecule has 0 N–H and O–H groups in total. The highest BCUT2D eigenvalue weighted by atomic mass is 16.1. The number of fused-ring (bicyclic) bond motifs is 2. The van der Waals surface area contributed by atoms with Gasteiger partial charge in [0, 0.05) is 61.2 Å². The smallest absolute Gasteiger partial charge is 0.195 e. The van der Waals surface area contributed by atoms with E-state index in [2.05, 4.69) is 31.2 Å². The van der Waals surface area contributed by atoms with Gasteiger partial charge in [0.15, 0.2) is 34.9 Å². The van der Waals surface area contributed by atoms with Crippen LogP contribution < -0.4 is 0 Å². The molecule has 10 rings (SSSR count). The molecule has 0 atom stereocenters. The summed E-state index contributed by atoms with van der Waals surface area (Å²) in [6.07, 6.45) is 0. The van der Waals surface area contributed by atoms with Gasteiger partial charge in [0.25, 0.3) is 0 Å². The lowest BCUT2D eigenvalue weighted by Crippen LogP contribution is -2.23. The number of ketones is 2. The van der Waals surface area contributed by atoms with Crippen LogP contribution >= 0.6 is 0 Å². The maximum absolute atomic E-state index is 15.1. The minimum Gasteiger partial charge on any atom is -0.289 e. The molecule has 59 heavy (non-hydrogen) atoms. The molecule has 1 aliphatic rings. The van der Waals surface area contributed by atoms with Crippen molar-refractivity contribution in [3.63, 3.8) is 0 Å². The highest BCUT2D eigenvalue weighted by molar-refractivity contribution is 6.32. The molecule has 0 amide bonds. The van der Waals surface area contributed by atoms with Crippen molar-refractivity contribution < 1.29 is 9.59 Å². The number of hydrogen-bond acceptors (Lipinski definition) is 7. The van der Waals surface area contributed by atoms with Crippen LogP contribution in [0.2, 0.25) is 0 Å². The van der Waals surface area contributed by atoms with E-state index in [-0.39, 0.29) is 17.1 Å². The van der Waals surface area contributed by atoms with E-state index in [1.165, 1.54) is 0 Å². The van der Waals surface area contributed by atoms with Gasteiger partial charge < -0.3 is 0 Å². The van der Waals surface area contributed by atoms with Gasteiger partial charge in [-0.3, -0.25) is 9.59 Å². The first-order valence-electron chi connectivity index (χ1n) is 19.3. The van der Waals surface area contributed by atoms with Crippen molar-refractivity contribution >= 4 is 11.6 Å². The predicted octanol–water partition coefficient (Wildman–Crippen LogP) is 11.4. The fourth-order valence-electron chi connectivity index (χ4n) is 7.82. The third-order valence-electron chi connectivity index (χ3n) is 10.7. The lowest BCUT2D eigenvalue weighted by atomic mass is 9.78. The Morgan fingerprint density at radius 2 is 0.678 bits per heavy atom. The zero-order valence-corrected chi connectivity index (χ0v) is 31.9. The van der Waals surface area contributed by atoms with E-state index in [4.69, 9.17) is 24.9 Å². The van der Waals surface area contributed by atoms with E-state index in [1.807, 2.05) is 133 Å². The SMILES string of the molecule is Cc1c(-c2ccccc2)nc(-c2cccc(-c3cccc4c3C(=O)c3c(cccc3-c3nc(-c5ccccc5)nc(-c5ccccc5)n3)C4=O)c2)nc1-c1ccccc1. The summed E-state index contributed by atoms with van der Waals surface area (Å²) >= 11 is 0. The van der Waals surface area contributed by atoms with Gasteiger partial charge in [0.1, 0.15) is 0 Å². The van der Waals surface area contributed by atoms with Crippen LogP contribution in [0, 0.1) is 6.92 Å². The molecule has 0 aliphatic heterocycles. The molecule has 7 nitrogen and oxygen atoms in total. The molecule has 0 radical (unpaired) electrons. The van der Waals surface area contributed by atoms with Crippen molar-refractivity contribution in [3.05, 3.63) is 210 Å². The monoisotopic (exact) mass is 759 g/mol. The van der Waals surface area contributed by atoms with Gasteiger partial charge >= 0.3 is 0 Å². The number of rotatable bonds is 7. The Hall–Kier alpha value is -8.03. The van der Waals surface area contributed by atoms with Crippen molar-refractivity contribution in [2.75, 3.05) is 0 Å². The first-order valence-corrected chi connectivity index (χ1v) is 19.3. The molecule has 7 heteroatoms. The Kier molecular flexibility index (Phi) is 8.88. The van der Waals surface area contributed by atoms with E-state index >= 15 is 4.79 Å². The standard InChI is InChI=1S/C52H33N5O2/c1-32-45(33-17-6-2-7-18-33)53-51(54-46(32)34-19-8-3-9-20-34)38-26-14-25-37(31-38)39-27-15-28-40-43(39)48(59)44-41(47(40)58)29-16-30-42(44)52-56-49(35-21-10-4-11-22-35)55-50(57-52)36-23-12-5-13-24-36/h2-31H,1H3. The zero-order valence-electron chi connectivity index (χ0n) is 31.9. The summed E-state index contributed by atoms with van der Waals surface area (Å²) in [5.74, 6) is 1.26. The number of benzene rings is 7. The van der Waals surface area contributed by atoms with Crippen molar-refractivity contribution in [2.45, 2.75) is 6.92 Å². The Morgan fingerprint density at radius 3 is 1.20 bits per heavy atom. The van der Waals surface area contributed by atoms with Crippen LogP contribution in [-0.4, -0.2) is 36.5 Å². The molecule has 0 saturated heterocycles. The molecule has 9 aromatic rings. The summed E-state index contributed by atoms with van der Waals surface area (Å²) in [5.41, 5.74) is 10.1. The van der Waals surface area contributed by atoms with Crippen LogP contribution in [0.4, 0.5) is 0 Å². The van der Waals surface area contributed by atoms with E-state index in [1.54, 1.807) is 24.3 Å². The predicted molar refractivity (Wildman–Crippen MR) is 232 cm³/mol. The van der Waals surface area contributed by atoms with Crippen molar-refractivity contribution in [1.82, 2.24) is 24.9 Å². The average molecular weight is 760 g/mol. The Balaban J connectivity index is 1.11. The van der Waals surface area contributed by atoms with Crippen molar-refractivity contribution in [1.29, 1.82) is 0 Å². The molecule has 0 unspecified atom stereocenters. The second-order valence-electron chi connectivity index (χ2n) is 14.3. The third kappa shape index (κ3) is 6.41. The van der Waals surface area contributed by atoms with Gasteiger partial charge in [-0.05, 0) is 24.1 Å². The summed E-state index contributed by atoms with van der Waals surface area (Å²) in [6, 6.07) is 58.1. The number of nitrogens with zero attached hydrogens (tertiary/aromatic N) is 5. The Labute approximate surface area is 340 Å². The quantitative estimate of drug-likeness (QED) is 0.159. The van der Waals surface area contributed by atoms with Gasteiger partial charge in [-0.15, -0.1) is 0 Å². The fourth-order valence-corrected chi connectivity index (χ4v) is 7.82. The topological polar surface area (TPSA) is 98.6 Å². The lowest BCUT2D eigenvalue weighted by Gasteiger charge is -2.22. The number of carbonyl (C=O) groups is 2. The molecule has 278 valence electrons. The highest BCUT2D eigenvalue weighted by Crippen LogP contribution is 2.40. The lowest BCUT2D eigenvalue weighted by molar-refractivity contribution is 0.0980. The summed E-state index contributed by atoms with van der Waals surface area (Å²) in [4.78, 5) is 54.5. The second-order valence-corrected chi connectivity index (χ2v) is 14.3. The first kappa shape index (κ1) is 35.4. The van der Waals surface area contributed by atoms with Crippen LogP contribution in [0.5, 0.6) is 0 Å². The maximum atomic E-state index is 15.1. The third-order valence-corrected chi connectivity index (χ3v) is 10.7. The maximum Gasteiger partial charge on any atom is 0.195 e. The highest BCUT2D eigenvalue weighted by Gasteiger charge is 2.35. The number of aromatic nitrogens is 5. The number of hydrogen-bond donors (Lipinski definition) is 0. The molecule has 0 spiro atoms. The van der Waals surface area contributed by atoms with Crippen LogP contribution in [0.1, 0.15) is 37.4 Å². The summed E-state index contributed by atoms with van der Waals surface area (Å²) < 4.78 is 0. The Bertz CT molecular complexity index is 2960. The molecule has 0 bridgehead atoms. The van der Waals surface area contributed by atoms with Gasteiger partial charge in [-0.2, -0.15) is 0 Å². The largest absolute Gasteiger partial charge is 0.289 e. The van der Waals surface area contributed by atoms with E-state index in [0.29, 0.717) is 51.1 Å². The molecule has 0 saturated carbocycles. The summed E-state index contributed by atoms with van der Waals surface area (Å²) in [6.45, 7) is 2.05. The molecule has 2 aromatic heterocycles. The minimum atomic E-state index is -0.279. The van der Waals surface area contributed by atoms with Crippen LogP contribution in [0.3, 0.4) is 0 Å². The molecular formula is C52H33N5O2. The fraction of sp³-hybridized carbons (Fsp3) is 0.0192. The second kappa shape index (κ2) is 14.8. The zero-order chi connectivity index (χ0) is 39.9. The first-order chi connectivity index (χ1) is 29.0. The molecule has 0 fully saturated rings. The Morgan fingerprint density at radius 1 is 0.305 bits per heavy atom. The normalized spacial score (nSPS) is 11.9. The van der Waals surface area contributed by atoms with E-state index < -0.39 is 0 Å². The van der Waals surface area contributed by atoms with Gasteiger partial charge in [-0.1, -0.05) is 176 Å². The van der Waals surface area contributed by atoms with E-state index in [9.17, 15) is 4.79 Å². The van der Waals surface area contributed by atoms with Gasteiger partial charge in [0.05, 0.1) is 11.4 Å². The summed E-state index contributed by atoms with van der Waals surface area (Å²) in [5, 5.41) is 0. The van der Waals surface area contributed by atoms with Crippen LogP contribution in [-0.2, 0) is 0 Å².